The van der Waals surface area contributed by atoms with Crippen LogP contribution in [-0.2, 0) is 9.53 Å². The number of nitrogens with zero attached hydrogens (tertiary/aromatic N) is 1. The maximum absolute atomic E-state index is 12.2. The summed E-state index contributed by atoms with van der Waals surface area (Å²) in [7, 11) is 1.60. The number of ether oxygens (including phenoxy) is 1. The van der Waals surface area contributed by atoms with Gasteiger partial charge < -0.3 is 20.1 Å². The number of carboxylic acid groups (broad SMARTS) is 1. The van der Waals surface area contributed by atoms with E-state index in [0.29, 0.717) is 19.6 Å². The first kappa shape index (κ1) is 15.8. The van der Waals surface area contributed by atoms with E-state index in [2.05, 4.69) is 5.32 Å². The summed E-state index contributed by atoms with van der Waals surface area (Å²) in [6, 6.07) is -0.465. The zero-order chi connectivity index (χ0) is 14.4. The lowest BCUT2D eigenvalue weighted by molar-refractivity contribution is -0.142. The van der Waals surface area contributed by atoms with Crippen molar-refractivity contribution in [2.45, 2.75) is 45.2 Å². The molecule has 1 aliphatic rings. The third-order valence-electron chi connectivity index (χ3n) is 3.67. The molecule has 6 heteroatoms. The van der Waals surface area contributed by atoms with Crippen LogP contribution in [0.3, 0.4) is 0 Å². The number of hydrogen-bond donors (Lipinski definition) is 2. The normalized spacial score (nSPS) is 24.3. The molecule has 1 saturated heterocycles. The highest BCUT2D eigenvalue weighted by atomic mass is 16.5. The SMILES string of the molecule is CCCC(COC)NC(=O)N1CCC(C(=O)O)C1C. The summed E-state index contributed by atoms with van der Waals surface area (Å²) in [4.78, 5) is 24.8. The second kappa shape index (κ2) is 7.33. The summed E-state index contributed by atoms with van der Waals surface area (Å²) in [6.07, 6.45) is 2.33. The van der Waals surface area contributed by atoms with Gasteiger partial charge in [-0.3, -0.25) is 4.79 Å². The third kappa shape index (κ3) is 4.09. The fourth-order valence-electron chi connectivity index (χ4n) is 2.56. The molecular weight excluding hydrogens is 248 g/mol. The molecule has 0 aliphatic carbocycles. The van der Waals surface area contributed by atoms with Crippen molar-refractivity contribution in [2.75, 3.05) is 20.3 Å². The predicted molar refractivity (Wildman–Crippen MR) is 71.0 cm³/mol. The van der Waals surface area contributed by atoms with Gasteiger partial charge in [-0.1, -0.05) is 13.3 Å². The number of urea groups is 1. The van der Waals surface area contributed by atoms with Gasteiger partial charge in [-0.05, 0) is 19.8 Å². The van der Waals surface area contributed by atoms with Crippen molar-refractivity contribution >= 4 is 12.0 Å². The first-order valence-electron chi connectivity index (χ1n) is 6.80. The second-order valence-electron chi connectivity index (χ2n) is 5.06. The van der Waals surface area contributed by atoms with Crippen molar-refractivity contribution in [1.82, 2.24) is 10.2 Å². The van der Waals surface area contributed by atoms with E-state index in [1.54, 1.807) is 18.9 Å². The molecular formula is C13H24N2O4. The fourth-order valence-corrected chi connectivity index (χ4v) is 2.56. The lowest BCUT2D eigenvalue weighted by Gasteiger charge is -2.26. The molecule has 0 bridgehead atoms. The Kier molecular flexibility index (Phi) is 6.08. The molecule has 1 aliphatic heterocycles. The number of carbonyl (C=O) groups is 2. The third-order valence-corrected chi connectivity index (χ3v) is 3.67. The lowest BCUT2D eigenvalue weighted by atomic mass is 10.0. The standard InChI is InChI=1S/C13H24N2O4/c1-4-5-10(8-19-3)14-13(18)15-7-6-11(9(15)2)12(16)17/h9-11H,4-8H2,1-3H3,(H,14,18)(H,16,17). The predicted octanol–water partition coefficient (Wildman–Crippen LogP) is 1.31. The Hall–Kier alpha value is -1.30. The van der Waals surface area contributed by atoms with Gasteiger partial charge in [0.1, 0.15) is 0 Å². The highest BCUT2D eigenvalue weighted by molar-refractivity contribution is 5.78. The van der Waals surface area contributed by atoms with Crippen molar-refractivity contribution in [3.8, 4) is 0 Å². The van der Waals surface area contributed by atoms with Gasteiger partial charge in [-0.2, -0.15) is 0 Å². The van der Waals surface area contributed by atoms with Gasteiger partial charge in [-0.25, -0.2) is 4.79 Å². The van der Waals surface area contributed by atoms with Crippen LogP contribution in [0.15, 0.2) is 0 Å². The summed E-state index contributed by atoms with van der Waals surface area (Å²) in [5.41, 5.74) is 0. The van der Waals surface area contributed by atoms with Crippen LogP contribution in [0.2, 0.25) is 0 Å². The highest BCUT2D eigenvalue weighted by Crippen LogP contribution is 2.24. The van der Waals surface area contributed by atoms with E-state index < -0.39 is 11.9 Å². The molecule has 2 amide bonds. The molecule has 0 aromatic carbocycles. The Morgan fingerprint density at radius 1 is 1.53 bits per heavy atom. The molecule has 2 N–H and O–H groups in total. The van der Waals surface area contributed by atoms with E-state index in [1.165, 1.54) is 0 Å². The number of methoxy groups -OCH3 is 1. The smallest absolute Gasteiger partial charge is 0.317 e. The van der Waals surface area contributed by atoms with E-state index in [9.17, 15) is 9.59 Å². The van der Waals surface area contributed by atoms with Crippen LogP contribution in [0.1, 0.15) is 33.1 Å². The second-order valence-corrected chi connectivity index (χ2v) is 5.06. The van der Waals surface area contributed by atoms with Gasteiger partial charge in [0.25, 0.3) is 0 Å². The van der Waals surface area contributed by atoms with Crippen LogP contribution in [0.4, 0.5) is 4.79 Å². The number of carbonyl (C=O) groups excluding carboxylic acids is 1. The topological polar surface area (TPSA) is 78.9 Å². The van der Waals surface area contributed by atoms with Crippen LogP contribution in [0.25, 0.3) is 0 Å². The van der Waals surface area contributed by atoms with Gasteiger partial charge in [0.2, 0.25) is 0 Å². The van der Waals surface area contributed by atoms with Crippen molar-refractivity contribution in [3.05, 3.63) is 0 Å². The monoisotopic (exact) mass is 272 g/mol. The van der Waals surface area contributed by atoms with Crippen LogP contribution in [0.5, 0.6) is 0 Å². The van der Waals surface area contributed by atoms with E-state index in [-0.39, 0.29) is 18.1 Å². The van der Waals surface area contributed by atoms with E-state index >= 15 is 0 Å². The molecule has 0 radical (unpaired) electrons. The first-order chi connectivity index (χ1) is 9.01. The number of aliphatic carboxylic acids is 1. The Bertz CT molecular complexity index is 316. The summed E-state index contributed by atoms with van der Waals surface area (Å²) in [6.45, 7) is 4.81. The minimum absolute atomic E-state index is 0.0152. The van der Waals surface area contributed by atoms with Crippen molar-refractivity contribution < 1.29 is 19.4 Å². The minimum atomic E-state index is -0.829. The van der Waals surface area contributed by atoms with Crippen LogP contribution in [-0.4, -0.2) is 54.4 Å². The summed E-state index contributed by atoms with van der Waals surface area (Å²) >= 11 is 0. The quantitative estimate of drug-likeness (QED) is 0.764. The zero-order valence-electron chi connectivity index (χ0n) is 11.9. The van der Waals surface area contributed by atoms with Gasteiger partial charge in [0, 0.05) is 19.7 Å². The Morgan fingerprint density at radius 2 is 2.21 bits per heavy atom. The van der Waals surface area contributed by atoms with Crippen molar-refractivity contribution in [1.29, 1.82) is 0 Å². The molecule has 6 nitrogen and oxygen atoms in total. The summed E-state index contributed by atoms with van der Waals surface area (Å²) < 4.78 is 5.08. The lowest BCUT2D eigenvalue weighted by Crippen LogP contribution is -2.48. The largest absolute Gasteiger partial charge is 0.481 e. The Morgan fingerprint density at radius 3 is 2.68 bits per heavy atom. The molecule has 0 aromatic rings. The zero-order valence-corrected chi connectivity index (χ0v) is 11.9. The van der Waals surface area contributed by atoms with Crippen molar-refractivity contribution in [3.63, 3.8) is 0 Å². The van der Waals surface area contributed by atoms with E-state index in [1.807, 2.05) is 6.92 Å². The van der Waals surface area contributed by atoms with Crippen molar-refractivity contribution in [2.24, 2.45) is 5.92 Å². The van der Waals surface area contributed by atoms with Gasteiger partial charge in [0.05, 0.1) is 18.6 Å². The van der Waals surface area contributed by atoms with Crippen LogP contribution < -0.4 is 5.32 Å². The molecule has 1 rings (SSSR count). The molecule has 0 aromatic heterocycles. The highest BCUT2D eigenvalue weighted by Gasteiger charge is 2.38. The van der Waals surface area contributed by atoms with Gasteiger partial charge >= 0.3 is 12.0 Å². The maximum atomic E-state index is 12.2. The fraction of sp³-hybridized carbons (Fsp3) is 0.846. The number of rotatable bonds is 6. The van der Waals surface area contributed by atoms with E-state index in [0.717, 1.165) is 12.8 Å². The van der Waals surface area contributed by atoms with Crippen LogP contribution in [0, 0.1) is 5.92 Å². The van der Waals surface area contributed by atoms with Gasteiger partial charge in [0.15, 0.2) is 0 Å². The molecule has 1 fully saturated rings. The average Bonchev–Trinajstić information content (AvgIpc) is 2.71. The Balaban J connectivity index is 2.55. The average molecular weight is 272 g/mol. The van der Waals surface area contributed by atoms with E-state index in [4.69, 9.17) is 9.84 Å². The molecule has 0 spiro atoms. The Labute approximate surface area is 114 Å². The molecule has 3 atom stereocenters. The number of nitrogens with one attached hydrogen (secondary N) is 1. The number of hydrogen-bond acceptors (Lipinski definition) is 3. The number of amides is 2. The number of carboxylic acids is 1. The minimum Gasteiger partial charge on any atom is -0.481 e. The molecule has 0 saturated carbocycles. The number of likely N-dealkylation sites (tertiary alicyclic amines) is 1. The molecule has 3 unspecified atom stereocenters. The van der Waals surface area contributed by atoms with Crippen LogP contribution >= 0.6 is 0 Å². The first-order valence-corrected chi connectivity index (χ1v) is 6.80. The molecule has 19 heavy (non-hydrogen) atoms. The summed E-state index contributed by atoms with van der Waals surface area (Å²) in [5, 5.41) is 12.0. The summed E-state index contributed by atoms with van der Waals surface area (Å²) in [5.74, 6) is -1.29. The maximum Gasteiger partial charge on any atom is 0.317 e. The molecule has 110 valence electrons. The molecule has 1 heterocycles. The van der Waals surface area contributed by atoms with Gasteiger partial charge in [-0.15, -0.1) is 0 Å².